The van der Waals surface area contributed by atoms with Gasteiger partial charge in [0.1, 0.15) is 6.10 Å². The van der Waals surface area contributed by atoms with Crippen molar-refractivity contribution in [2.24, 2.45) is 0 Å². The highest BCUT2D eigenvalue weighted by molar-refractivity contribution is 5.12. The van der Waals surface area contributed by atoms with E-state index >= 15 is 0 Å². The Morgan fingerprint density at radius 3 is 2.41 bits per heavy atom. The summed E-state index contributed by atoms with van der Waals surface area (Å²) in [5.74, 6) is 0. The van der Waals surface area contributed by atoms with E-state index in [1.807, 2.05) is 0 Å². The smallest absolute Gasteiger partial charge is 0.103 e. The normalized spacial score (nSPS) is 24.1. The largest absolute Gasteiger partial charge is 0.390 e. The Kier molecular flexibility index (Phi) is 6.21. The van der Waals surface area contributed by atoms with Crippen LogP contribution in [-0.2, 0) is 4.74 Å². The molecule has 0 unspecified atom stereocenters. The van der Waals surface area contributed by atoms with Crippen molar-refractivity contribution in [3.63, 3.8) is 0 Å². The zero-order valence-corrected chi connectivity index (χ0v) is 11.6. The van der Waals surface area contributed by atoms with E-state index in [2.05, 4.69) is 32.9 Å². The number of aliphatic hydroxyl groups excluding tert-OH is 1. The van der Waals surface area contributed by atoms with Gasteiger partial charge in [0.05, 0.1) is 11.7 Å². The fraction of sp³-hybridized carbons (Fsp3) is 0.867. The van der Waals surface area contributed by atoms with E-state index in [0.717, 1.165) is 25.7 Å². The quantitative estimate of drug-likeness (QED) is 0.516. The van der Waals surface area contributed by atoms with Crippen molar-refractivity contribution >= 4 is 0 Å². The first-order chi connectivity index (χ1) is 8.17. The molecule has 1 N–H and O–H groups in total. The van der Waals surface area contributed by atoms with E-state index in [0.29, 0.717) is 0 Å². The molecule has 17 heavy (non-hydrogen) atoms. The molecule has 1 aliphatic rings. The van der Waals surface area contributed by atoms with Crippen LogP contribution in [0, 0.1) is 0 Å². The molecule has 0 amide bonds. The van der Waals surface area contributed by atoms with Crippen molar-refractivity contribution in [3.05, 3.63) is 12.2 Å². The predicted molar refractivity (Wildman–Crippen MR) is 72.1 cm³/mol. The second-order valence-corrected chi connectivity index (χ2v) is 5.13. The lowest BCUT2D eigenvalue weighted by atomic mass is 9.98. The van der Waals surface area contributed by atoms with E-state index in [1.165, 1.54) is 19.3 Å². The highest BCUT2D eigenvalue weighted by atomic mass is 16.5. The van der Waals surface area contributed by atoms with Gasteiger partial charge in [-0.05, 0) is 19.3 Å². The highest BCUT2D eigenvalue weighted by Gasteiger charge is 2.34. The average molecular weight is 240 g/mol. The molecule has 0 saturated carbocycles. The van der Waals surface area contributed by atoms with Crippen molar-refractivity contribution in [1.29, 1.82) is 0 Å². The molecule has 100 valence electrons. The number of unbranched alkanes of at least 4 members (excludes halogenated alkanes) is 3. The van der Waals surface area contributed by atoms with Crippen LogP contribution in [0.3, 0.4) is 0 Å². The van der Waals surface area contributed by atoms with E-state index < -0.39 is 0 Å². The van der Waals surface area contributed by atoms with Crippen LogP contribution in [0.1, 0.15) is 65.7 Å². The maximum Gasteiger partial charge on any atom is 0.103 e. The number of hydrogen-bond donors (Lipinski definition) is 1. The molecule has 0 aliphatic carbocycles. The zero-order valence-electron chi connectivity index (χ0n) is 11.6. The topological polar surface area (TPSA) is 29.5 Å². The molecule has 2 heteroatoms. The molecular formula is C15H28O2. The fourth-order valence-corrected chi connectivity index (χ4v) is 2.42. The molecule has 1 heterocycles. The summed E-state index contributed by atoms with van der Waals surface area (Å²) in [6.07, 6.45) is 11.4. The Balaban J connectivity index is 2.31. The molecule has 0 aromatic carbocycles. The molecular weight excluding hydrogens is 212 g/mol. The molecule has 1 aliphatic heterocycles. The summed E-state index contributed by atoms with van der Waals surface area (Å²) in [6.45, 7) is 6.49. The van der Waals surface area contributed by atoms with E-state index in [-0.39, 0.29) is 17.8 Å². The summed E-state index contributed by atoms with van der Waals surface area (Å²) in [5.41, 5.74) is -0.116. The van der Waals surface area contributed by atoms with Gasteiger partial charge in [-0.15, -0.1) is 0 Å². The summed E-state index contributed by atoms with van der Waals surface area (Å²) >= 11 is 0. The van der Waals surface area contributed by atoms with Gasteiger partial charge in [0.15, 0.2) is 0 Å². The minimum atomic E-state index is -0.330. The highest BCUT2D eigenvalue weighted by Crippen LogP contribution is 2.32. The molecule has 2 nitrogen and oxygen atoms in total. The van der Waals surface area contributed by atoms with Crippen molar-refractivity contribution in [2.75, 3.05) is 0 Å². The molecule has 0 fully saturated rings. The Morgan fingerprint density at radius 2 is 1.88 bits per heavy atom. The van der Waals surface area contributed by atoms with E-state index in [4.69, 9.17) is 4.74 Å². The summed E-state index contributed by atoms with van der Waals surface area (Å²) < 4.78 is 6.01. The van der Waals surface area contributed by atoms with Crippen molar-refractivity contribution in [3.8, 4) is 0 Å². The Morgan fingerprint density at radius 1 is 1.18 bits per heavy atom. The Labute approximate surface area is 106 Å². The van der Waals surface area contributed by atoms with Gasteiger partial charge in [0.25, 0.3) is 0 Å². The summed E-state index contributed by atoms with van der Waals surface area (Å²) in [6, 6.07) is 0. The van der Waals surface area contributed by atoms with E-state index in [1.54, 1.807) is 0 Å². The summed E-state index contributed by atoms with van der Waals surface area (Å²) in [5, 5.41) is 10.1. The zero-order chi connectivity index (χ0) is 12.7. The lowest BCUT2D eigenvalue weighted by Gasteiger charge is -2.28. The van der Waals surface area contributed by atoms with Crippen LogP contribution in [0.15, 0.2) is 12.2 Å². The third-order valence-corrected chi connectivity index (χ3v) is 3.89. The number of rotatable bonds is 8. The third-order valence-electron chi connectivity index (χ3n) is 3.89. The second-order valence-electron chi connectivity index (χ2n) is 5.13. The average Bonchev–Trinajstić information content (AvgIpc) is 2.79. The standard InChI is InChI=1S/C15H28O2/c1-4-7-8-9-10-13(16)14-11-12-15(5-2,6-3)17-14/h11-14,16H,4-10H2,1-3H3/t13-,14-/m1/s1. The number of aliphatic hydroxyl groups is 1. The van der Waals surface area contributed by atoms with Crippen LogP contribution in [-0.4, -0.2) is 22.9 Å². The predicted octanol–water partition coefficient (Wildman–Crippen LogP) is 3.83. The fourth-order valence-electron chi connectivity index (χ4n) is 2.42. The molecule has 0 aromatic rings. The summed E-state index contributed by atoms with van der Waals surface area (Å²) in [4.78, 5) is 0. The van der Waals surface area contributed by atoms with Gasteiger partial charge in [-0.2, -0.15) is 0 Å². The van der Waals surface area contributed by atoms with Crippen LogP contribution in [0.2, 0.25) is 0 Å². The lowest BCUT2D eigenvalue weighted by molar-refractivity contribution is -0.0795. The lowest BCUT2D eigenvalue weighted by Crippen LogP contribution is -2.33. The SMILES string of the molecule is CCCCCC[C@@H](O)[C@H]1C=CC(CC)(CC)O1. The Hall–Kier alpha value is -0.340. The molecule has 0 bridgehead atoms. The van der Waals surface area contributed by atoms with Gasteiger partial charge in [-0.1, -0.05) is 58.6 Å². The number of ether oxygens (including phenoxy) is 1. The molecule has 0 saturated heterocycles. The molecule has 1 rings (SSSR count). The minimum absolute atomic E-state index is 0.0865. The van der Waals surface area contributed by atoms with Crippen LogP contribution in [0.4, 0.5) is 0 Å². The molecule has 0 radical (unpaired) electrons. The summed E-state index contributed by atoms with van der Waals surface area (Å²) in [7, 11) is 0. The first kappa shape index (κ1) is 14.7. The van der Waals surface area contributed by atoms with Gasteiger partial charge in [-0.25, -0.2) is 0 Å². The van der Waals surface area contributed by atoms with Crippen molar-refractivity contribution in [2.45, 2.75) is 83.5 Å². The van der Waals surface area contributed by atoms with Gasteiger partial charge >= 0.3 is 0 Å². The van der Waals surface area contributed by atoms with Gasteiger partial charge in [0.2, 0.25) is 0 Å². The minimum Gasteiger partial charge on any atom is -0.390 e. The van der Waals surface area contributed by atoms with Gasteiger partial charge < -0.3 is 9.84 Å². The Bertz CT molecular complexity index is 231. The molecule has 2 atom stereocenters. The van der Waals surface area contributed by atoms with E-state index in [9.17, 15) is 5.11 Å². The molecule has 0 spiro atoms. The van der Waals surface area contributed by atoms with Gasteiger partial charge in [-0.3, -0.25) is 0 Å². The molecule has 0 aromatic heterocycles. The van der Waals surface area contributed by atoms with Crippen LogP contribution in [0.5, 0.6) is 0 Å². The maximum absolute atomic E-state index is 10.1. The third kappa shape index (κ3) is 4.11. The van der Waals surface area contributed by atoms with Crippen LogP contribution >= 0.6 is 0 Å². The monoisotopic (exact) mass is 240 g/mol. The van der Waals surface area contributed by atoms with Gasteiger partial charge in [0, 0.05) is 0 Å². The van der Waals surface area contributed by atoms with Crippen molar-refractivity contribution in [1.82, 2.24) is 0 Å². The van der Waals surface area contributed by atoms with Crippen LogP contribution in [0.25, 0.3) is 0 Å². The number of hydrogen-bond acceptors (Lipinski definition) is 2. The van der Waals surface area contributed by atoms with Crippen LogP contribution < -0.4 is 0 Å². The second kappa shape index (κ2) is 7.17. The first-order valence-electron chi connectivity index (χ1n) is 7.22. The van der Waals surface area contributed by atoms with Crippen molar-refractivity contribution < 1.29 is 9.84 Å². The maximum atomic E-state index is 10.1. The first-order valence-corrected chi connectivity index (χ1v) is 7.22.